The summed E-state index contributed by atoms with van der Waals surface area (Å²) in [4.78, 5) is 18.6. The number of benzene rings is 1. The number of nitrogens with zero attached hydrogens (tertiary/aromatic N) is 3. The van der Waals surface area contributed by atoms with Crippen LogP contribution in [0.2, 0.25) is 0 Å². The number of anilines is 1. The summed E-state index contributed by atoms with van der Waals surface area (Å²) in [5, 5.41) is 0. The summed E-state index contributed by atoms with van der Waals surface area (Å²) < 4.78 is 5.48. The highest BCUT2D eigenvalue weighted by atomic mass is 16.5. The van der Waals surface area contributed by atoms with Crippen molar-refractivity contribution < 1.29 is 9.53 Å². The van der Waals surface area contributed by atoms with E-state index >= 15 is 0 Å². The largest absolute Gasteiger partial charge is 0.495 e. The number of piperazine rings is 1. The quantitative estimate of drug-likeness (QED) is 0.852. The summed E-state index contributed by atoms with van der Waals surface area (Å²) in [6.07, 6.45) is 2.33. The molecule has 3 rings (SSSR count). The van der Waals surface area contributed by atoms with Crippen LogP contribution in [0.1, 0.15) is 19.8 Å². The number of piperidine rings is 1. The number of methoxy groups -OCH3 is 1. The van der Waals surface area contributed by atoms with Crippen molar-refractivity contribution in [3.63, 3.8) is 0 Å². The van der Waals surface area contributed by atoms with Gasteiger partial charge in [0.05, 0.1) is 12.8 Å². The molecule has 1 aromatic rings. The highest BCUT2D eigenvalue weighted by Crippen LogP contribution is 2.29. The normalized spacial score (nSPS) is 23.0. The Morgan fingerprint density at radius 2 is 1.87 bits per heavy atom. The van der Waals surface area contributed by atoms with Gasteiger partial charge in [0.15, 0.2) is 0 Å². The summed E-state index contributed by atoms with van der Waals surface area (Å²) in [5.41, 5.74) is 1.18. The van der Waals surface area contributed by atoms with E-state index in [0.29, 0.717) is 6.04 Å². The monoisotopic (exact) mass is 317 g/mol. The first-order valence-corrected chi connectivity index (χ1v) is 8.56. The summed E-state index contributed by atoms with van der Waals surface area (Å²) >= 11 is 0. The Bertz CT molecular complexity index is 541. The maximum absolute atomic E-state index is 11.6. The van der Waals surface area contributed by atoms with Crippen LogP contribution in [0.15, 0.2) is 24.3 Å². The molecule has 1 aromatic carbocycles. The lowest BCUT2D eigenvalue weighted by Crippen LogP contribution is -2.55. The Kier molecular flexibility index (Phi) is 5.06. The van der Waals surface area contributed by atoms with Crippen molar-refractivity contribution in [2.45, 2.75) is 25.8 Å². The standard InChI is InChI=1S/C18H27N3O2/c1-15(22)21-9-5-6-16(14-21)19-10-12-20(13-11-19)17-7-3-4-8-18(17)23-2/h3-4,7-8,16H,5-6,9-14H2,1-2H3. The summed E-state index contributed by atoms with van der Waals surface area (Å²) in [6.45, 7) is 7.62. The zero-order valence-electron chi connectivity index (χ0n) is 14.2. The average molecular weight is 317 g/mol. The maximum Gasteiger partial charge on any atom is 0.219 e. The molecule has 2 saturated heterocycles. The van der Waals surface area contributed by atoms with E-state index in [9.17, 15) is 4.79 Å². The number of para-hydroxylation sites is 2. The molecule has 23 heavy (non-hydrogen) atoms. The second-order valence-corrected chi connectivity index (χ2v) is 6.46. The highest BCUT2D eigenvalue weighted by Gasteiger charge is 2.29. The van der Waals surface area contributed by atoms with Gasteiger partial charge in [0, 0.05) is 52.2 Å². The second-order valence-electron chi connectivity index (χ2n) is 6.46. The van der Waals surface area contributed by atoms with Crippen molar-refractivity contribution in [2.75, 3.05) is 51.3 Å². The second kappa shape index (κ2) is 7.21. The first kappa shape index (κ1) is 16.1. The van der Waals surface area contributed by atoms with Gasteiger partial charge in [0.1, 0.15) is 5.75 Å². The van der Waals surface area contributed by atoms with E-state index in [1.54, 1.807) is 14.0 Å². The van der Waals surface area contributed by atoms with E-state index < -0.39 is 0 Å². The van der Waals surface area contributed by atoms with Crippen molar-refractivity contribution in [1.82, 2.24) is 9.80 Å². The first-order chi connectivity index (χ1) is 11.2. The summed E-state index contributed by atoms with van der Waals surface area (Å²) in [6, 6.07) is 8.75. The molecule has 5 heteroatoms. The molecule has 0 aliphatic carbocycles. The molecule has 1 amide bonds. The van der Waals surface area contributed by atoms with Crippen LogP contribution in [0, 0.1) is 0 Å². The third-order valence-corrected chi connectivity index (χ3v) is 5.10. The van der Waals surface area contributed by atoms with E-state index in [2.05, 4.69) is 21.9 Å². The molecule has 126 valence electrons. The predicted octanol–water partition coefficient (Wildman–Crippen LogP) is 1.83. The molecule has 2 aliphatic heterocycles. The van der Waals surface area contributed by atoms with Crippen molar-refractivity contribution in [3.05, 3.63) is 24.3 Å². The van der Waals surface area contributed by atoms with Gasteiger partial charge in [0.2, 0.25) is 5.91 Å². The van der Waals surface area contributed by atoms with Gasteiger partial charge >= 0.3 is 0 Å². The van der Waals surface area contributed by atoms with Crippen LogP contribution >= 0.6 is 0 Å². The molecule has 1 atom stereocenters. The van der Waals surface area contributed by atoms with Gasteiger partial charge < -0.3 is 14.5 Å². The van der Waals surface area contributed by atoms with E-state index in [4.69, 9.17) is 4.74 Å². The third kappa shape index (κ3) is 3.61. The van der Waals surface area contributed by atoms with Crippen molar-refractivity contribution in [1.29, 1.82) is 0 Å². The zero-order chi connectivity index (χ0) is 16.2. The fourth-order valence-corrected chi connectivity index (χ4v) is 3.76. The van der Waals surface area contributed by atoms with Crippen molar-refractivity contribution in [2.24, 2.45) is 0 Å². The van der Waals surface area contributed by atoms with Gasteiger partial charge in [-0.15, -0.1) is 0 Å². The van der Waals surface area contributed by atoms with Crippen molar-refractivity contribution in [3.8, 4) is 5.75 Å². The smallest absolute Gasteiger partial charge is 0.219 e. The summed E-state index contributed by atoms with van der Waals surface area (Å²) in [5.74, 6) is 1.16. The number of rotatable bonds is 3. The zero-order valence-corrected chi connectivity index (χ0v) is 14.2. The minimum atomic E-state index is 0.211. The van der Waals surface area contributed by atoms with Gasteiger partial charge in [-0.05, 0) is 25.0 Å². The highest BCUT2D eigenvalue weighted by molar-refractivity contribution is 5.73. The third-order valence-electron chi connectivity index (χ3n) is 5.10. The molecule has 0 aromatic heterocycles. The molecule has 2 heterocycles. The molecule has 0 bridgehead atoms. The number of carbonyl (C=O) groups is 1. The lowest BCUT2D eigenvalue weighted by molar-refractivity contribution is -0.131. The van der Waals surface area contributed by atoms with Crippen LogP contribution in [0.3, 0.4) is 0 Å². The molecular formula is C18H27N3O2. The van der Waals surface area contributed by atoms with E-state index in [0.717, 1.165) is 51.4 Å². The van der Waals surface area contributed by atoms with E-state index in [-0.39, 0.29) is 5.91 Å². The Balaban J connectivity index is 1.59. The molecule has 1 unspecified atom stereocenters. The molecule has 0 N–H and O–H groups in total. The van der Waals surface area contributed by atoms with Crippen LogP contribution in [-0.4, -0.2) is 68.1 Å². The van der Waals surface area contributed by atoms with Crippen LogP contribution in [-0.2, 0) is 4.79 Å². The molecule has 0 radical (unpaired) electrons. The minimum Gasteiger partial charge on any atom is -0.495 e. The minimum absolute atomic E-state index is 0.211. The number of likely N-dealkylation sites (tertiary alicyclic amines) is 1. The van der Waals surface area contributed by atoms with Gasteiger partial charge in [-0.25, -0.2) is 0 Å². The first-order valence-electron chi connectivity index (χ1n) is 8.56. The van der Waals surface area contributed by atoms with E-state index in [1.807, 2.05) is 17.0 Å². The van der Waals surface area contributed by atoms with Gasteiger partial charge in [-0.3, -0.25) is 9.69 Å². The van der Waals surface area contributed by atoms with Crippen LogP contribution in [0.25, 0.3) is 0 Å². The molecular weight excluding hydrogens is 290 g/mol. The Hall–Kier alpha value is -1.75. The van der Waals surface area contributed by atoms with Crippen LogP contribution in [0.4, 0.5) is 5.69 Å². The van der Waals surface area contributed by atoms with E-state index in [1.165, 1.54) is 12.1 Å². The lowest BCUT2D eigenvalue weighted by Gasteiger charge is -2.44. The topological polar surface area (TPSA) is 36.0 Å². The average Bonchev–Trinajstić information content (AvgIpc) is 2.62. The number of ether oxygens (including phenoxy) is 1. The van der Waals surface area contributed by atoms with Gasteiger partial charge in [0.25, 0.3) is 0 Å². The number of carbonyl (C=O) groups excluding carboxylic acids is 1. The van der Waals surface area contributed by atoms with Crippen molar-refractivity contribution >= 4 is 11.6 Å². The number of hydrogen-bond donors (Lipinski definition) is 0. The molecule has 5 nitrogen and oxygen atoms in total. The molecule has 0 saturated carbocycles. The Morgan fingerprint density at radius 3 is 2.57 bits per heavy atom. The number of amides is 1. The predicted molar refractivity (Wildman–Crippen MR) is 92.1 cm³/mol. The van der Waals surface area contributed by atoms with Crippen LogP contribution in [0.5, 0.6) is 5.75 Å². The summed E-state index contributed by atoms with van der Waals surface area (Å²) in [7, 11) is 1.73. The number of hydrogen-bond acceptors (Lipinski definition) is 4. The molecule has 0 spiro atoms. The molecule has 2 aliphatic rings. The molecule has 2 fully saturated rings. The van der Waals surface area contributed by atoms with Crippen LogP contribution < -0.4 is 9.64 Å². The van der Waals surface area contributed by atoms with Gasteiger partial charge in [-0.1, -0.05) is 12.1 Å². The SMILES string of the molecule is COc1ccccc1N1CCN(C2CCCN(C(C)=O)C2)CC1. The Labute approximate surface area is 138 Å². The fraction of sp³-hybridized carbons (Fsp3) is 0.611. The fourth-order valence-electron chi connectivity index (χ4n) is 3.76. The maximum atomic E-state index is 11.6. The lowest BCUT2D eigenvalue weighted by atomic mass is 10.0. The van der Waals surface area contributed by atoms with Gasteiger partial charge in [-0.2, -0.15) is 0 Å². The Morgan fingerprint density at radius 1 is 1.13 bits per heavy atom.